The largest absolute Gasteiger partial charge is 0.483 e. The average molecular weight is 169 g/mol. The third-order valence-electron chi connectivity index (χ3n) is 0.483. The van der Waals surface area contributed by atoms with Gasteiger partial charge in [-0.2, -0.15) is 0 Å². The van der Waals surface area contributed by atoms with Crippen LogP contribution in [0.2, 0.25) is 0 Å². The molecule has 0 fully saturated rings. The number of halogens is 1. The van der Waals surface area contributed by atoms with Crippen LogP contribution in [0.15, 0.2) is 0 Å². The van der Waals surface area contributed by atoms with Gasteiger partial charge in [0, 0.05) is 12.3 Å². The minimum Gasteiger partial charge on any atom is -0.483 e. The third kappa shape index (κ3) is 15.7. The second-order valence-corrected chi connectivity index (χ2v) is 1.49. The maximum absolute atomic E-state index is 10.1. The topological polar surface area (TPSA) is 92.4 Å². The number of alkyl halides is 1. The van der Waals surface area contributed by atoms with Crippen molar-refractivity contribution in [1.29, 1.82) is 0 Å². The fraction of sp³-hybridized carbons (Fsp3) is 0.500. The number of hydrazine groups is 1. The maximum atomic E-state index is 10.1. The van der Waals surface area contributed by atoms with Crippen molar-refractivity contribution in [2.45, 2.75) is 6.42 Å². The fourth-order valence-corrected chi connectivity index (χ4v) is 0.330. The van der Waals surface area contributed by atoms with Crippen molar-refractivity contribution >= 4 is 24.0 Å². The second-order valence-electron chi connectivity index (χ2n) is 1.11. The zero-order chi connectivity index (χ0) is 8.41. The molecule has 6 heteroatoms. The Morgan fingerprint density at radius 3 is 2.30 bits per heavy atom. The number of carbonyl (C=O) groups excluding carboxylic acids is 1. The number of nitrogens with one attached hydrogen (secondary N) is 1. The van der Waals surface area contributed by atoms with Gasteiger partial charge in [-0.3, -0.25) is 15.0 Å². The van der Waals surface area contributed by atoms with Gasteiger partial charge in [0.05, 0.1) is 0 Å². The summed E-state index contributed by atoms with van der Waals surface area (Å²) in [6.07, 6.45) is 0.290. The quantitative estimate of drug-likeness (QED) is 0.167. The highest BCUT2D eigenvalue weighted by Gasteiger charge is 1.91. The van der Waals surface area contributed by atoms with Crippen molar-refractivity contribution in [3.05, 3.63) is 0 Å². The number of hydrogen-bond acceptors (Lipinski definition) is 3. The number of carbonyl (C=O) groups is 2. The molecule has 0 aromatic carbocycles. The summed E-state index contributed by atoms with van der Waals surface area (Å²) in [4.78, 5) is 18.5. The Morgan fingerprint density at radius 1 is 1.80 bits per heavy atom. The molecular formula is C4H9ClN2O3. The van der Waals surface area contributed by atoms with E-state index in [1.165, 1.54) is 0 Å². The molecule has 0 spiro atoms. The van der Waals surface area contributed by atoms with Gasteiger partial charge in [0.25, 0.3) is 6.47 Å². The minimum absolute atomic E-state index is 0.227. The molecule has 0 aromatic heterocycles. The first-order valence-electron chi connectivity index (χ1n) is 2.36. The van der Waals surface area contributed by atoms with Gasteiger partial charge in [0.1, 0.15) is 0 Å². The summed E-state index contributed by atoms with van der Waals surface area (Å²) in [6.45, 7) is -0.250. The molecule has 0 radical (unpaired) electrons. The van der Waals surface area contributed by atoms with Gasteiger partial charge in [0.2, 0.25) is 5.91 Å². The van der Waals surface area contributed by atoms with Crippen molar-refractivity contribution < 1.29 is 14.7 Å². The lowest BCUT2D eigenvalue weighted by molar-refractivity contribution is -0.123. The van der Waals surface area contributed by atoms with Gasteiger partial charge in [0.15, 0.2) is 0 Å². The van der Waals surface area contributed by atoms with E-state index in [-0.39, 0.29) is 18.8 Å². The first kappa shape index (κ1) is 11.9. The molecule has 4 N–H and O–H groups in total. The van der Waals surface area contributed by atoms with Crippen molar-refractivity contribution in [2.24, 2.45) is 5.84 Å². The molecule has 0 aliphatic carbocycles. The third-order valence-corrected chi connectivity index (χ3v) is 0.672. The Balaban J connectivity index is 0. The Hall–Kier alpha value is -0.810. The van der Waals surface area contributed by atoms with Gasteiger partial charge in [-0.25, -0.2) is 5.84 Å². The van der Waals surface area contributed by atoms with E-state index in [0.29, 0.717) is 5.88 Å². The van der Waals surface area contributed by atoms with E-state index >= 15 is 0 Å². The van der Waals surface area contributed by atoms with Crippen LogP contribution in [0, 0.1) is 0 Å². The maximum Gasteiger partial charge on any atom is 0.290 e. The highest BCUT2D eigenvalue weighted by molar-refractivity contribution is 6.18. The lowest BCUT2D eigenvalue weighted by atomic mass is 10.5. The summed E-state index contributed by atoms with van der Waals surface area (Å²) in [6, 6.07) is 0. The van der Waals surface area contributed by atoms with Crippen LogP contribution in [0.4, 0.5) is 0 Å². The number of nitrogens with two attached hydrogens (primary N) is 1. The molecule has 5 nitrogen and oxygen atoms in total. The fourth-order valence-electron chi connectivity index (χ4n) is 0.158. The van der Waals surface area contributed by atoms with Gasteiger partial charge in [-0.15, -0.1) is 11.6 Å². The molecule has 0 aliphatic heterocycles. The molecule has 0 aromatic rings. The number of hydrogen-bond donors (Lipinski definition) is 3. The van der Waals surface area contributed by atoms with Gasteiger partial charge < -0.3 is 5.11 Å². The van der Waals surface area contributed by atoms with Crippen molar-refractivity contribution in [3.8, 4) is 0 Å². The van der Waals surface area contributed by atoms with E-state index in [1.807, 2.05) is 5.43 Å². The van der Waals surface area contributed by atoms with Crippen molar-refractivity contribution in [3.63, 3.8) is 0 Å². The zero-order valence-electron chi connectivity index (χ0n) is 5.21. The molecule has 0 atom stereocenters. The summed E-state index contributed by atoms with van der Waals surface area (Å²) >= 11 is 5.16. The Bertz CT molecular complexity index is 98.5. The standard InChI is InChI=1S/C3H7ClN2O.CH2O2/c4-2-1-3(7)6-5;2-1-3/h1-2,5H2,(H,6,7);1H,(H,2,3). The van der Waals surface area contributed by atoms with Crippen molar-refractivity contribution in [1.82, 2.24) is 5.43 Å². The second kappa shape index (κ2) is 11.0. The van der Waals surface area contributed by atoms with Crippen LogP contribution in [-0.2, 0) is 9.59 Å². The van der Waals surface area contributed by atoms with Crippen LogP contribution in [0.25, 0.3) is 0 Å². The lowest BCUT2D eigenvalue weighted by Crippen LogP contribution is -2.29. The van der Waals surface area contributed by atoms with Crippen LogP contribution in [0.3, 0.4) is 0 Å². The van der Waals surface area contributed by atoms with E-state index < -0.39 is 0 Å². The van der Waals surface area contributed by atoms with Gasteiger partial charge in [-0.1, -0.05) is 0 Å². The van der Waals surface area contributed by atoms with Gasteiger partial charge in [-0.05, 0) is 0 Å². The van der Waals surface area contributed by atoms with E-state index in [1.54, 1.807) is 0 Å². The summed E-state index contributed by atoms with van der Waals surface area (Å²) in [5.41, 5.74) is 1.94. The lowest BCUT2D eigenvalue weighted by Gasteiger charge is -1.90. The summed E-state index contributed by atoms with van der Waals surface area (Å²) < 4.78 is 0. The molecule has 10 heavy (non-hydrogen) atoms. The molecule has 1 amide bonds. The Kier molecular flexibility index (Phi) is 13.2. The van der Waals surface area contributed by atoms with E-state index in [4.69, 9.17) is 27.3 Å². The summed E-state index contributed by atoms with van der Waals surface area (Å²) in [7, 11) is 0. The first-order chi connectivity index (χ1) is 4.72. The molecule has 0 heterocycles. The van der Waals surface area contributed by atoms with Crippen molar-refractivity contribution in [2.75, 3.05) is 5.88 Å². The average Bonchev–Trinajstić information content (AvgIpc) is 1.90. The monoisotopic (exact) mass is 168 g/mol. The highest BCUT2D eigenvalue weighted by atomic mass is 35.5. The molecule has 0 unspecified atom stereocenters. The predicted molar refractivity (Wildman–Crippen MR) is 36.4 cm³/mol. The molecule has 0 aliphatic rings. The summed E-state index contributed by atoms with van der Waals surface area (Å²) in [5.74, 6) is 4.80. The molecule has 0 rings (SSSR count). The Labute approximate surface area is 63.1 Å². The smallest absolute Gasteiger partial charge is 0.290 e. The van der Waals surface area contributed by atoms with Crippen LogP contribution in [0.1, 0.15) is 6.42 Å². The zero-order valence-corrected chi connectivity index (χ0v) is 5.97. The predicted octanol–water partition coefficient (Wildman–Crippen LogP) is -0.694. The molecule has 0 saturated carbocycles. The van der Waals surface area contributed by atoms with Gasteiger partial charge >= 0.3 is 0 Å². The first-order valence-corrected chi connectivity index (χ1v) is 2.89. The Morgan fingerprint density at radius 2 is 2.20 bits per heavy atom. The minimum atomic E-state index is -0.250. The van der Waals surface area contributed by atoms with E-state index in [2.05, 4.69) is 0 Å². The van der Waals surface area contributed by atoms with E-state index in [0.717, 1.165) is 0 Å². The number of rotatable bonds is 2. The molecule has 0 bridgehead atoms. The van der Waals surface area contributed by atoms with Crippen LogP contribution >= 0.6 is 11.6 Å². The molecule has 60 valence electrons. The molecular weight excluding hydrogens is 160 g/mol. The summed E-state index contributed by atoms with van der Waals surface area (Å²) in [5, 5.41) is 6.89. The SMILES string of the molecule is NNC(=O)CCCl.O=CO. The van der Waals surface area contributed by atoms with E-state index in [9.17, 15) is 4.79 Å². The normalized spacial score (nSPS) is 7.00. The van der Waals surface area contributed by atoms with Crippen LogP contribution < -0.4 is 11.3 Å². The van der Waals surface area contributed by atoms with Crippen LogP contribution in [-0.4, -0.2) is 23.4 Å². The molecule has 0 saturated heterocycles. The number of amides is 1. The highest BCUT2D eigenvalue weighted by Crippen LogP contribution is 1.80. The number of carboxylic acid groups (broad SMARTS) is 1. The van der Waals surface area contributed by atoms with Crippen LogP contribution in [0.5, 0.6) is 0 Å².